The molecule has 1 N–H and O–H groups in total. The molecule has 1 atom stereocenters. The van der Waals surface area contributed by atoms with Crippen LogP contribution in [0.25, 0.3) is 0 Å². The third-order valence-corrected chi connectivity index (χ3v) is 2.94. The number of nitrogens with zero attached hydrogens (tertiary/aromatic N) is 1. The zero-order valence-electron chi connectivity index (χ0n) is 13.6. The summed E-state index contributed by atoms with van der Waals surface area (Å²) in [6.07, 6.45) is 0.911. The van der Waals surface area contributed by atoms with Crippen molar-refractivity contribution in [2.45, 2.75) is 66.0 Å². The van der Waals surface area contributed by atoms with Crippen molar-refractivity contribution >= 4 is 12.0 Å². The molecule has 0 aromatic rings. The smallest absolute Gasteiger partial charge is 0.407 e. The van der Waals surface area contributed by atoms with Crippen LogP contribution >= 0.6 is 0 Å². The van der Waals surface area contributed by atoms with E-state index >= 15 is 0 Å². The Morgan fingerprint density at radius 3 is 2.30 bits per heavy atom. The van der Waals surface area contributed by atoms with E-state index in [-0.39, 0.29) is 17.4 Å². The van der Waals surface area contributed by atoms with Crippen molar-refractivity contribution in [3.63, 3.8) is 0 Å². The van der Waals surface area contributed by atoms with Crippen LogP contribution in [0.2, 0.25) is 0 Å². The Balaban J connectivity index is 2.40. The molecular weight excluding hydrogens is 256 g/mol. The minimum atomic E-state index is -0.496. The Labute approximate surface area is 122 Å². The van der Waals surface area contributed by atoms with Crippen LogP contribution in [0.15, 0.2) is 0 Å². The molecule has 1 aliphatic heterocycles. The lowest BCUT2D eigenvalue weighted by atomic mass is 9.92. The molecule has 2 amide bonds. The number of amides is 2. The van der Waals surface area contributed by atoms with Gasteiger partial charge in [-0.1, -0.05) is 20.8 Å². The van der Waals surface area contributed by atoms with Gasteiger partial charge in [0, 0.05) is 19.5 Å². The fourth-order valence-corrected chi connectivity index (χ4v) is 2.14. The highest BCUT2D eigenvalue weighted by molar-refractivity contribution is 5.77. The molecule has 1 rings (SSSR count). The Hall–Kier alpha value is -1.26. The number of hydrogen-bond donors (Lipinski definition) is 1. The number of carbonyl (C=O) groups excluding carboxylic acids is 2. The molecule has 1 heterocycles. The maximum absolute atomic E-state index is 12.1. The van der Waals surface area contributed by atoms with Gasteiger partial charge in [-0.3, -0.25) is 4.79 Å². The Kier molecular flexibility index (Phi) is 5.05. The monoisotopic (exact) mass is 284 g/mol. The Morgan fingerprint density at radius 1 is 1.20 bits per heavy atom. The molecule has 1 aliphatic rings. The van der Waals surface area contributed by atoms with Crippen LogP contribution in [-0.4, -0.2) is 41.6 Å². The van der Waals surface area contributed by atoms with Crippen LogP contribution in [0.4, 0.5) is 4.79 Å². The highest BCUT2D eigenvalue weighted by Gasteiger charge is 2.30. The Bertz CT molecular complexity index is 366. The molecule has 1 unspecified atom stereocenters. The number of hydrogen-bond acceptors (Lipinski definition) is 3. The van der Waals surface area contributed by atoms with Gasteiger partial charge in [0.25, 0.3) is 0 Å². The summed E-state index contributed by atoms with van der Waals surface area (Å²) in [5.74, 6) is 0.158. The molecule has 1 saturated heterocycles. The van der Waals surface area contributed by atoms with Crippen molar-refractivity contribution in [2.24, 2.45) is 5.41 Å². The van der Waals surface area contributed by atoms with Gasteiger partial charge in [0.15, 0.2) is 0 Å². The van der Waals surface area contributed by atoms with Crippen molar-refractivity contribution in [2.75, 3.05) is 13.1 Å². The Morgan fingerprint density at radius 2 is 1.80 bits per heavy atom. The number of likely N-dealkylation sites (tertiary alicyclic amines) is 1. The fraction of sp³-hybridized carbons (Fsp3) is 0.867. The molecule has 20 heavy (non-hydrogen) atoms. The van der Waals surface area contributed by atoms with Crippen molar-refractivity contribution in [3.8, 4) is 0 Å². The van der Waals surface area contributed by atoms with Gasteiger partial charge in [-0.05, 0) is 32.6 Å². The zero-order chi connectivity index (χ0) is 15.6. The summed E-state index contributed by atoms with van der Waals surface area (Å²) < 4.78 is 5.22. The number of ether oxygens (including phenoxy) is 1. The van der Waals surface area contributed by atoms with Crippen LogP contribution < -0.4 is 5.32 Å². The van der Waals surface area contributed by atoms with Gasteiger partial charge in [0.05, 0.1) is 6.04 Å². The first kappa shape index (κ1) is 16.8. The van der Waals surface area contributed by atoms with Crippen LogP contribution in [0, 0.1) is 5.41 Å². The number of alkyl carbamates (subject to hydrolysis) is 1. The molecular formula is C15H28N2O3. The maximum Gasteiger partial charge on any atom is 0.407 e. The van der Waals surface area contributed by atoms with Gasteiger partial charge < -0.3 is 15.0 Å². The minimum absolute atomic E-state index is 0.00577. The van der Waals surface area contributed by atoms with E-state index in [0.29, 0.717) is 19.5 Å². The third-order valence-electron chi connectivity index (χ3n) is 2.94. The summed E-state index contributed by atoms with van der Waals surface area (Å²) >= 11 is 0. The molecule has 0 aromatic carbocycles. The van der Waals surface area contributed by atoms with Crippen LogP contribution in [0.3, 0.4) is 0 Å². The third kappa shape index (κ3) is 6.26. The summed E-state index contributed by atoms with van der Waals surface area (Å²) in [5, 5.41) is 2.83. The second-order valence-corrected chi connectivity index (χ2v) is 7.71. The van der Waals surface area contributed by atoms with Gasteiger partial charge in [0.2, 0.25) is 5.91 Å². The lowest BCUT2D eigenvalue weighted by molar-refractivity contribution is -0.132. The van der Waals surface area contributed by atoms with E-state index in [1.807, 2.05) is 25.7 Å². The molecule has 5 nitrogen and oxygen atoms in total. The number of rotatable bonds is 2. The molecule has 1 fully saturated rings. The van der Waals surface area contributed by atoms with Crippen molar-refractivity contribution in [1.82, 2.24) is 10.2 Å². The van der Waals surface area contributed by atoms with E-state index in [2.05, 4.69) is 26.1 Å². The molecule has 0 radical (unpaired) electrons. The lowest BCUT2D eigenvalue weighted by Crippen LogP contribution is -2.41. The maximum atomic E-state index is 12.1. The summed E-state index contributed by atoms with van der Waals surface area (Å²) in [5.41, 5.74) is -0.502. The van der Waals surface area contributed by atoms with E-state index in [0.717, 1.165) is 6.42 Å². The second kappa shape index (κ2) is 6.02. The SMILES string of the molecule is CC(C)(C)CC(=O)N1CCC(NC(=O)OC(C)(C)C)C1. The van der Waals surface area contributed by atoms with Crippen LogP contribution in [0.1, 0.15) is 54.4 Å². The molecule has 0 saturated carbocycles. The average Bonchev–Trinajstić information content (AvgIpc) is 2.59. The molecule has 0 bridgehead atoms. The second-order valence-electron chi connectivity index (χ2n) is 7.71. The molecule has 0 aromatic heterocycles. The minimum Gasteiger partial charge on any atom is -0.444 e. The summed E-state index contributed by atoms with van der Waals surface area (Å²) in [4.78, 5) is 25.6. The van der Waals surface area contributed by atoms with Crippen LogP contribution in [-0.2, 0) is 9.53 Å². The van der Waals surface area contributed by atoms with Gasteiger partial charge in [-0.2, -0.15) is 0 Å². The van der Waals surface area contributed by atoms with E-state index in [9.17, 15) is 9.59 Å². The fourth-order valence-electron chi connectivity index (χ4n) is 2.14. The number of carbonyl (C=O) groups is 2. The van der Waals surface area contributed by atoms with Crippen LogP contribution in [0.5, 0.6) is 0 Å². The molecule has 116 valence electrons. The molecule has 5 heteroatoms. The first-order valence-electron chi connectivity index (χ1n) is 7.23. The van der Waals surface area contributed by atoms with Gasteiger partial charge in [-0.25, -0.2) is 4.79 Å². The van der Waals surface area contributed by atoms with Crippen molar-refractivity contribution in [1.29, 1.82) is 0 Å². The lowest BCUT2D eigenvalue weighted by Gasteiger charge is -2.24. The van der Waals surface area contributed by atoms with E-state index in [1.165, 1.54) is 0 Å². The van der Waals surface area contributed by atoms with E-state index in [4.69, 9.17) is 4.74 Å². The standard InChI is InChI=1S/C15H28N2O3/c1-14(2,3)9-12(18)17-8-7-11(10-17)16-13(19)20-15(4,5)6/h11H,7-10H2,1-6H3,(H,16,19). The zero-order valence-corrected chi connectivity index (χ0v) is 13.6. The summed E-state index contributed by atoms with van der Waals surface area (Å²) in [7, 11) is 0. The largest absolute Gasteiger partial charge is 0.444 e. The number of nitrogens with one attached hydrogen (secondary N) is 1. The van der Waals surface area contributed by atoms with Crippen molar-refractivity contribution in [3.05, 3.63) is 0 Å². The normalized spacial score (nSPS) is 19.9. The first-order chi connectivity index (χ1) is 8.96. The van der Waals surface area contributed by atoms with Gasteiger partial charge in [0.1, 0.15) is 5.60 Å². The van der Waals surface area contributed by atoms with Crippen molar-refractivity contribution < 1.29 is 14.3 Å². The van der Waals surface area contributed by atoms with E-state index < -0.39 is 11.7 Å². The predicted octanol–water partition coefficient (Wildman–Crippen LogP) is 2.55. The highest BCUT2D eigenvalue weighted by Crippen LogP contribution is 2.22. The first-order valence-corrected chi connectivity index (χ1v) is 7.23. The predicted molar refractivity (Wildman–Crippen MR) is 78.4 cm³/mol. The van der Waals surface area contributed by atoms with Gasteiger partial charge in [-0.15, -0.1) is 0 Å². The summed E-state index contributed by atoms with van der Waals surface area (Å²) in [6.45, 7) is 12.9. The highest BCUT2D eigenvalue weighted by atomic mass is 16.6. The summed E-state index contributed by atoms with van der Waals surface area (Å²) in [6, 6.07) is -0.00577. The molecule has 0 spiro atoms. The van der Waals surface area contributed by atoms with Gasteiger partial charge >= 0.3 is 6.09 Å². The van der Waals surface area contributed by atoms with E-state index in [1.54, 1.807) is 0 Å². The quantitative estimate of drug-likeness (QED) is 0.847. The average molecular weight is 284 g/mol. The topological polar surface area (TPSA) is 58.6 Å². The molecule has 0 aliphatic carbocycles.